The van der Waals surface area contributed by atoms with E-state index >= 15 is 0 Å². The summed E-state index contributed by atoms with van der Waals surface area (Å²) < 4.78 is 5.65. The van der Waals surface area contributed by atoms with Crippen molar-refractivity contribution in [1.82, 2.24) is 10.2 Å². The average molecular weight is 226 g/mol. The Morgan fingerprint density at radius 2 is 2.38 bits per heavy atom. The summed E-state index contributed by atoms with van der Waals surface area (Å²) in [5.41, 5.74) is 0. The molecule has 0 bridgehead atoms. The Morgan fingerprint density at radius 1 is 1.44 bits per heavy atom. The van der Waals surface area contributed by atoms with Crippen molar-refractivity contribution >= 4 is 0 Å². The van der Waals surface area contributed by atoms with E-state index in [0.717, 1.165) is 12.6 Å². The van der Waals surface area contributed by atoms with Crippen LogP contribution in [0.5, 0.6) is 0 Å². The number of nitrogens with one attached hydrogen (secondary N) is 1. The maximum Gasteiger partial charge on any atom is 0.0576 e. The van der Waals surface area contributed by atoms with Crippen LogP contribution in [0.4, 0.5) is 0 Å². The number of hydrogen-bond acceptors (Lipinski definition) is 3. The third-order valence-corrected chi connectivity index (χ3v) is 3.86. The quantitative estimate of drug-likeness (QED) is 0.771. The van der Waals surface area contributed by atoms with Crippen LogP contribution in [-0.2, 0) is 4.74 Å². The van der Waals surface area contributed by atoms with E-state index < -0.39 is 0 Å². The first-order chi connectivity index (χ1) is 7.88. The number of nitrogens with zero attached hydrogens (tertiary/aromatic N) is 1. The Labute approximate surface area is 99.5 Å². The largest absolute Gasteiger partial charge is 0.378 e. The van der Waals surface area contributed by atoms with Crippen LogP contribution in [0.1, 0.15) is 39.0 Å². The molecule has 3 heteroatoms. The number of piperazine rings is 1. The first-order valence-corrected chi connectivity index (χ1v) is 6.96. The van der Waals surface area contributed by atoms with E-state index in [-0.39, 0.29) is 0 Å². The molecule has 2 saturated heterocycles. The van der Waals surface area contributed by atoms with Gasteiger partial charge in [-0.1, -0.05) is 6.92 Å². The second kappa shape index (κ2) is 6.58. The summed E-state index contributed by atoms with van der Waals surface area (Å²) in [5, 5.41) is 3.56. The molecule has 2 atom stereocenters. The van der Waals surface area contributed by atoms with Gasteiger partial charge in [0, 0.05) is 32.3 Å². The average Bonchev–Trinajstić information content (AvgIpc) is 2.82. The zero-order chi connectivity index (χ0) is 11.2. The zero-order valence-corrected chi connectivity index (χ0v) is 10.6. The first-order valence-electron chi connectivity index (χ1n) is 6.96. The molecular weight excluding hydrogens is 200 g/mol. The lowest BCUT2D eigenvalue weighted by Crippen LogP contribution is -2.50. The SMILES string of the molecule is CCC1CN(CCCC2CCCO2)CCN1. The van der Waals surface area contributed by atoms with Gasteiger partial charge in [-0.05, 0) is 38.6 Å². The Hall–Kier alpha value is -0.120. The molecule has 0 spiro atoms. The van der Waals surface area contributed by atoms with Crippen LogP contribution in [0.25, 0.3) is 0 Å². The van der Waals surface area contributed by atoms with Gasteiger partial charge in [-0.3, -0.25) is 0 Å². The highest BCUT2D eigenvalue weighted by Crippen LogP contribution is 2.17. The van der Waals surface area contributed by atoms with Gasteiger partial charge < -0.3 is 15.0 Å². The summed E-state index contributed by atoms with van der Waals surface area (Å²) >= 11 is 0. The van der Waals surface area contributed by atoms with E-state index in [9.17, 15) is 0 Å². The molecule has 94 valence electrons. The zero-order valence-electron chi connectivity index (χ0n) is 10.6. The summed E-state index contributed by atoms with van der Waals surface area (Å²) in [6.07, 6.45) is 6.96. The van der Waals surface area contributed by atoms with Crippen molar-refractivity contribution in [3.05, 3.63) is 0 Å². The Kier molecular flexibility index (Phi) is 5.07. The van der Waals surface area contributed by atoms with Crippen molar-refractivity contribution in [3.63, 3.8) is 0 Å². The highest BCUT2D eigenvalue weighted by Gasteiger charge is 2.19. The molecule has 0 aromatic heterocycles. The standard InChI is InChI=1S/C13H26N2O/c1-2-12-11-15(9-7-14-12)8-3-5-13-6-4-10-16-13/h12-14H,2-11H2,1H3. The molecule has 0 aliphatic carbocycles. The fraction of sp³-hybridized carbons (Fsp3) is 1.00. The second-order valence-electron chi connectivity index (χ2n) is 5.14. The Bertz CT molecular complexity index is 192. The van der Waals surface area contributed by atoms with Gasteiger partial charge >= 0.3 is 0 Å². The highest BCUT2D eigenvalue weighted by atomic mass is 16.5. The predicted molar refractivity (Wildman–Crippen MR) is 66.7 cm³/mol. The minimum Gasteiger partial charge on any atom is -0.378 e. The van der Waals surface area contributed by atoms with Crippen molar-refractivity contribution in [2.45, 2.75) is 51.2 Å². The lowest BCUT2D eigenvalue weighted by molar-refractivity contribution is 0.0966. The van der Waals surface area contributed by atoms with Gasteiger partial charge in [0.2, 0.25) is 0 Å². The van der Waals surface area contributed by atoms with E-state index in [2.05, 4.69) is 17.1 Å². The lowest BCUT2D eigenvalue weighted by atomic mass is 10.1. The maximum atomic E-state index is 5.65. The van der Waals surface area contributed by atoms with E-state index in [1.54, 1.807) is 0 Å². The van der Waals surface area contributed by atoms with Gasteiger partial charge in [0.15, 0.2) is 0 Å². The molecule has 0 amide bonds. The molecule has 1 N–H and O–H groups in total. The van der Waals surface area contributed by atoms with E-state index in [0.29, 0.717) is 6.10 Å². The molecule has 0 aromatic carbocycles. The van der Waals surface area contributed by atoms with Gasteiger partial charge in [-0.2, -0.15) is 0 Å². The first kappa shape index (κ1) is 12.3. The molecule has 3 nitrogen and oxygen atoms in total. The minimum absolute atomic E-state index is 0.574. The van der Waals surface area contributed by atoms with Gasteiger partial charge in [0.05, 0.1) is 6.10 Å². The maximum absolute atomic E-state index is 5.65. The molecule has 2 aliphatic rings. The Balaban J connectivity index is 1.58. The number of hydrogen-bond donors (Lipinski definition) is 1. The molecule has 2 rings (SSSR count). The van der Waals surface area contributed by atoms with Gasteiger partial charge in [0.1, 0.15) is 0 Å². The summed E-state index contributed by atoms with van der Waals surface area (Å²) in [6.45, 7) is 8.16. The highest BCUT2D eigenvalue weighted by molar-refractivity contribution is 4.77. The summed E-state index contributed by atoms with van der Waals surface area (Å²) in [6, 6.07) is 0.719. The second-order valence-corrected chi connectivity index (χ2v) is 5.14. The third-order valence-electron chi connectivity index (χ3n) is 3.86. The van der Waals surface area contributed by atoms with Crippen LogP contribution in [-0.4, -0.2) is 49.8 Å². The van der Waals surface area contributed by atoms with Crippen molar-refractivity contribution < 1.29 is 4.74 Å². The van der Waals surface area contributed by atoms with Crippen molar-refractivity contribution in [1.29, 1.82) is 0 Å². The molecule has 0 radical (unpaired) electrons. The molecular formula is C13H26N2O. The summed E-state index contributed by atoms with van der Waals surface area (Å²) in [5.74, 6) is 0. The molecule has 0 aromatic rings. The van der Waals surface area contributed by atoms with Crippen LogP contribution in [0.2, 0.25) is 0 Å². The van der Waals surface area contributed by atoms with Crippen molar-refractivity contribution in [2.24, 2.45) is 0 Å². The predicted octanol–water partition coefficient (Wildman–Crippen LogP) is 1.63. The fourth-order valence-corrected chi connectivity index (χ4v) is 2.79. The lowest BCUT2D eigenvalue weighted by Gasteiger charge is -2.33. The number of ether oxygens (including phenoxy) is 1. The topological polar surface area (TPSA) is 24.5 Å². The van der Waals surface area contributed by atoms with Crippen LogP contribution in [0.15, 0.2) is 0 Å². The Morgan fingerprint density at radius 3 is 3.12 bits per heavy atom. The summed E-state index contributed by atoms with van der Waals surface area (Å²) in [4.78, 5) is 2.61. The molecule has 2 heterocycles. The summed E-state index contributed by atoms with van der Waals surface area (Å²) in [7, 11) is 0. The minimum atomic E-state index is 0.574. The van der Waals surface area contributed by atoms with Crippen LogP contribution in [0, 0.1) is 0 Å². The molecule has 0 saturated carbocycles. The monoisotopic (exact) mass is 226 g/mol. The molecule has 2 fully saturated rings. The van der Waals surface area contributed by atoms with Crippen molar-refractivity contribution in [3.8, 4) is 0 Å². The van der Waals surface area contributed by atoms with Gasteiger partial charge in [-0.25, -0.2) is 0 Å². The van der Waals surface area contributed by atoms with E-state index in [1.165, 1.54) is 58.3 Å². The molecule has 16 heavy (non-hydrogen) atoms. The van der Waals surface area contributed by atoms with E-state index in [4.69, 9.17) is 4.74 Å². The van der Waals surface area contributed by atoms with E-state index in [1.807, 2.05) is 0 Å². The van der Waals surface area contributed by atoms with Crippen molar-refractivity contribution in [2.75, 3.05) is 32.8 Å². The third kappa shape index (κ3) is 3.72. The van der Waals surface area contributed by atoms with Crippen LogP contribution < -0.4 is 5.32 Å². The van der Waals surface area contributed by atoms with Crippen LogP contribution >= 0.6 is 0 Å². The van der Waals surface area contributed by atoms with Gasteiger partial charge in [0.25, 0.3) is 0 Å². The van der Waals surface area contributed by atoms with Crippen LogP contribution in [0.3, 0.4) is 0 Å². The molecule has 2 unspecified atom stereocenters. The fourth-order valence-electron chi connectivity index (χ4n) is 2.79. The smallest absolute Gasteiger partial charge is 0.0576 e. The normalized spacial score (nSPS) is 32.1. The number of rotatable bonds is 5. The van der Waals surface area contributed by atoms with Gasteiger partial charge in [-0.15, -0.1) is 0 Å². The molecule has 2 aliphatic heterocycles.